The molecule has 6 heteroatoms. The van der Waals surface area contributed by atoms with E-state index in [-0.39, 0.29) is 31.1 Å². The Hall–Kier alpha value is -1.59. The zero-order chi connectivity index (χ0) is 43.8. The Bertz CT molecular complexity index is 905. The summed E-state index contributed by atoms with van der Waals surface area (Å²) >= 11 is 0. The van der Waals surface area contributed by atoms with Gasteiger partial charge in [-0.2, -0.15) is 0 Å². The Morgan fingerprint density at radius 3 is 0.867 bits per heavy atom. The van der Waals surface area contributed by atoms with Crippen LogP contribution in [0.1, 0.15) is 304 Å². The topological polar surface area (TPSA) is 78.9 Å². The second-order valence-corrected chi connectivity index (χ2v) is 18.8. The smallest absolute Gasteiger partial charge is 0.306 e. The van der Waals surface area contributed by atoms with Gasteiger partial charge in [-0.15, -0.1) is 0 Å². The molecule has 0 aliphatic rings. The van der Waals surface area contributed by atoms with Crippen molar-refractivity contribution in [3.05, 3.63) is 0 Å². The molecular formula is C54H104O6. The van der Waals surface area contributed by atoms with Crippen molar-refractivity contribution in [2.75, 3.05) is 13.2 Å². The summed E-state index contributed by atoms with van der Waals surface area (Å²) in [6, 6.07) is 0. The fourth-order valence-corrected chi connectivity index (χ4v) is 8.19. The zero-order valence-electron chi connectivity index (χ0n) is 40.9. The molecule has 0 N–H and O–H groups in total. The largest absolute Gasteiger partial charge is 0.462 e. The molecule has 0 heterocycles. The average Bonchev–Trinajstić information content (AvgIpc) is 3.25. The summed E-state index contributed by atoms with van der Waals surface area (Å²) in [5.41, 5.74) is 0. The summed E-state index contributed by atoms with van der Waals surface area (Å²) in [6.07, 6.45) is 50.9. The summed E-state index contributed by atoms with van der Waals surface area (Å²) in [5.74, 6) is 0.00323. The number of carbonyl (C=O) groups excluding carboxylic acids is 3. The van der Waals surface area contributed by atoms with Crippen molar-refractivity contribution >= 4 is 17.9 Å². The van der Waals surface area contributed by atoms with E-state index >= 15 is 0 Å². The van der Waals surface area contributed by atoms with Crippen molar-refractivity contribution in [2.24, 2.45) is 5.92 Å². The van der Waals surface area contributed by atoms with Gasteiger partial charge in [-0.3, -0.25) is 14.4 Å². The second kappa shape index (κ2) is 48.4. The Labute approximate surface area is 374 Å². The molecule has 0 bridgehead atoms. The maximum absolute atomic E-state index is 12.8. The first kappa shape index (κ1) is 58.4. The minimum absolute atomic E-state index is 0.0631. The van der Waals surface area contributed by atoms with E-state index in [0.717, 1.165) is 63.7 Å². The van der Waals surface area contributed by atoms with E-state index < -0.39 is 6.10 Å². The molecular weight excluding hydrogens is 745 g/mol. The van der Waals surface area contributed by atoms with E-state index in [9.17, 15) is 14.4 Å². The molecule has 6 nitrogen and oxygen atoms in total. The highest BCUT2D eigenvalue weighted by Crippen LogP contribution is 2.18. The van der Waals surface area contributed by atoms with Gasteiger partial charge in [0.15, 0.2) is 6.10 Å². The van der Waals surface area contributed by atoms with Crippen molar-refractivity contribution in [1.82, 2.24) is 0 Å². The molecule has 356 valence electrons. The molecule has 0 saturated heterocycles. The summed E-state index contributed by atoms with van der Waals surface area (Å²) in [4.78, 5) is 37.9. The summed E-state index contributed by atoms with van der Waals surface area (Å²) < 4.78 is 16.8. The molecule has 0 aromatic carbocycles. The average molecular weight is 849 g/mol. The maximum atomic E-state index is 12.8. The normalized spacial score (nSPS) is 12.4. The lowest BCUT2D eigenvalue weighted by molar-refractivity contribution is -0.167. The van der Waals surface area contributed by atoms with Gasteiger partial charge in [0.25, 0.3) is 0 Å². The molecule has 1 unspecified atom stereocenters. The maximum Gasteiger partial charge on any atom is 0.306 e. The van der Waals surface area contributed by atoms with Crippen molar-refractivity contribution in [3.8, 4) is 0 Å². The molecule has 60 heavy (non-hydrogen) atoms. The SMILES string of the molecule is CCCCCCCCCCCCCCCCCCCCCC(=O)O[C@H](COC(=O)CCCCCCCCCCCCC)COC(=O)CCCCCCCCCCC(C)CC. The third-order valence-corrected chi connectivity index (χ3v) is 12.7. The van der Waals surface area contributed by atoms with Crippen molar-refractivity contribution < 1.29 is 28.6 Å². The highest BCUT2D eigenvalue weighted by Gasteiger charge is 2.19. The van der Waals surface area contributed by atoms with Gasteiger partial charge in [0.1, 0.15) is 13.2 Å². The molecule has 0 aromatic rings. The van der Waals surface area contributed by atoms with Gasteiger partial charge in [0.05, 0.1) is 0 Å². The number of unbranched alkanes of at least 4 members (excludes halogenated alkanes) is 35. The first-order valence-corrected chi connectivity index (χ1v) is 26.9. The third-order valence-electron chi connectivity index (χ3n) is 12.7. The monoisotopic (exact) mass is 849 g/mol. The van der Waals surface area contributed by atoms with E-state index in [0.29, 0.717) is 19.3 Å². The van der Waals surface area contributed by atoms with Crippen LogP contribution in [0.25, 0.3) is 0 Å². The highest BCUT2D eigenvalue weighted by molar-refractivity contribution is 5.71. The molecule has 0 amide bonds. The first-order chi connectivity index (χ1) is 29.4. The van der Waals surface area contributed by atoms with E-state index in [1.54, 1.807) is 0 Å². The van der Waals surface area contributed by atoms with Gasteiger partial charge in [-0.1, -0.05) is 265 Å². The minimum atomic E-state index is -0.761. The Morgan fingerprint density at radius 2 is 0.583 bits per heavy atom. The van der Waals surface area contributed by atoms with Crippen LogP contribution in [-0.4, -0.2) is 37.2 Å². The van der Waals surface area contributed by atoms with E-state index in [1.165, 1.54) is 199 Å². The molecule has 0 fully saturated rings. The Balaban J connectivity index is 4.26. The Morgan fingerprint density at radius 1 is 0.333 bits per heavy atom. The van der Waals surface area contributed by atoms with Gasteiger partial charge in [0.2, 0.25) is 0 Å². The molecule has 0 spiro atoms. The minimum Gasteiger partial charge on any atom is -0.462 e. The van der Waals surface area contributed by atoms with Gasteiger partial charge in [-0.25, -0.2) is 0 Å². The lowest BCUT2D eigenvalue weighted by Crippen LogP contribution is -2.30. The molecule has 0 aromatic heterocycles. The van der Waals surface area contributed by atoms with E-state index in [2.05, 4.69) is 27.7 Å². The summed E-state index contributed by atoms with van der Waals surface area (Å²) in [5, 5.41) is 0. The van der Waals surface area contributed by atoms with Crippen LogP contribution >= 0.6 is 0 Å². The second-order valence-electron chi connectivity index (χ2n) is 18.8. The first-order valence-electron chi connectivity index (χ1n) is 26.9. The third kappa shape index (κ3) is 45.9. The molecule has 0 aliphatic carbocycles. The number of esters is 3. The molecule has 2 atom stereocenters. The van der Waals surface area contributed by atoms with Gasteiger partial charge in [-0.05, 0) is 25.2 Å². The number of ether oxygens (including phenoxy) is 3. The lowest BCUT2D eigenvalue weighted by atomic mass is 9.99. The Kier molecular flexibility index (Phi) is 47.2. The van der Waals surface area contributed by atoms with Gasteiger partial charge in [0, 0.05) is 19.3 Å². The van der Waals surface area contributed by atoms with Crippen LogP contribution in [0.4, 0.5) is 0 Å². The number of rotatable bonds is 49. The number of hydrogen-bond donors (Lipinski definition) is 0. The van der Waals surface area contributed by atoms with Gasteiger partial charge < -0.3 is 14.2 Å². The van der Waals surface area contributed by atoms with Crippen LogP contribution in [0.3, 0.4) is 0 Å². The highest BCUT2D eigenvalue weighted by atomic mass is 16.6. The van der Waals surface area contributed by atoms with Crippen LogP contribution in [-0.2, 0) is 28.6 Å². The van der Waals surface area contributed by atoms with E-state index in [1.807, 2.05) is 0 Å². The fraction of sp³-hybridized carbons (Fsp3) is 0.944. The van der Waals surface area contributed by atoms with Crippen LogP contribution in [0.2, 0.25) is 0 Å². The summed E-state index contributed by atoms with van der Waals surface area (Å²) in [7, 11) is 0. The fourth-order valence-electron chi connectivity index (χ4n) is 8.19. The van der Waals surface area contributed by atoms with E-state index in [4.69, 9.17) is 14.2 Å². The zero-order valence-corrected chi connectivity index (χ0v) is 40.9. The summed E-state index contributed by atoms with van der Waals surface area (Å²) in [6.45, 7) is 9.03. The van der Waals surface area contributed by atoms with Crippen molar-refractivity contribution in [1.29, 1.82) is 0 Å². The van der Waals surface area contributed by atoms with Crippen LogP contribution in [0.15, 0.2) is 0 Å². The predicted molar refractivity (Wildman–Crippen MR) is 257 cm³/mol. The molecule has 0 radical (unpaired) electrons. The standard InChI is InChI=1S/C54H104O6/c1-5-8-10-12-14-16-18-19-20-21-22-23-24-25-27-29-35-39-43-47-54(57)60-51(48-58-52(55)45-41-37-33-28-26-17-15-13-11-9-6-2)49-59-53(56)46-42-38-34-31-30-32-36-40-44-50(4)7-3/h50-51H,5-49H2,1-4H3/t50?,51-/m1/s1. The molecule has 0 saturated carbocycles. The number of carbonyl (C=O) groups is 3. The quantitative estimate of drug-likeness (QED) is 0.0345. The molecule has 0 rings (SSSR count). The van der Waals surface area contributed by atoms with Crippen LogP contribution in [0, 0.1) is 5.92 Å². The molecule has 0 aliphatic heterocycles. The van der Waals surface area contributed by atoms with Crippen LogP contribution < -0.4 is 0 Å². The van der Waals surface area contributed by atoms with Crippen molar-refractivity contribution in [3.63, 3.8) is 0 Å². The van der Waals surface area contributed by atoms with Gasteiger partial charge >= 0.3 is 17.9 Å². The number of hydrogen-bond acceptors (Lipinski definition) is 6. The van der Waals surface area contributed by atoms with Crippen molar-refractivity contribution in [2.45, 2.75) is 310 Å². The van der Waals surface area contributed by atoms with Crippen LogP contribution in [0.5, 0.6) is 0 Å². The predicted octanol–water partition coefficient (Wildman–Crippen LogP) is 17.5. The lowest BCUT2D eigenvalue weighted by Gasteiger charge is -2.18.